The molecule has 0 aliphatic heterocycles. The monoisotopic (exact) mass is 300 g/mol. The molecule has 21 valence electrons. The zero-order valence-corrected chi connectivity index (χ0v) is 8.26. The van der Waals surface area contributed by atoms with Gasteiger partial charge >= 0.3 is 30.7 Å². The van der Waals surface area contributed by atoms with Crippen LogP contribution in [0, 0.1) is 0 Å². The zero-order chi connectivity index (χ0) is 2.71. The van der Waals surface area contributed by atoms with Crippen LogP contribution in [-0.2, 0) is 52.1 Å². The van der Waals surface area contributed by atoms with Gasteiger partial charge in [-0.2, -0.15) is 0 Å². The van der Waals surface area contributed by atoms with Crippen LogP contribution in [0.3, 0.4) is 0 Å². The van der Waals surface area contributed by atoms with Crippen molar-refractivity contribution in [1.29, 1.82) is 0 Å². The number of rotatable bonds is 0. The van der Waals surface area contributed by atoms with Gasteiger partial charge in [0.05, 0.1) is 0 Å². The first-order chi connectivity index (χ1) is 1.41. The Hall–Kier alpha value is 1.66. The third-order valence-corrected chi connectivity index (χ3v) is 0. The summed E-state index contributed by atoms with van der Waals surface area (Å²) in [4.78, 5) is 0. The zero-order valence-electron chi connectivity index (χ0n) is 2.49. The molecule has 0 amide bonds. The Labute approximate surface area is 62.6 Å². The fraction of sp³-hybridized carbons (Fsp3) is 0.500. The largest absolute Gasteiger partial charge is 0 e. The molecular weight excluding hydrogens is 297 g/mol. The van der Waals surface area contributed by atoms with E-state index in [-0.39, 0.29) is 32.7 Å². The molecule has 0 atom stereocenters. The Kier molecular flexibility index (Phi) is 20.2. The van der Waals surface area contributed by atoms with Gasteiger partial charge in [-0.3, -0.25) is 0 Å². The van der Waals surface area contributed by atoms with Crippen LogP contribution in [0.2, 0.25) is 0 Å². The van der Waals surface area contributed by atoms with E-state index < -0.39 is 0 Å². The van der Waals surface area contributed by atoms with Crippen molar-refractivity contribution in [1.82, 2.24) is 0 Å². The van der Waals surface area contributed by atoms with Crippen LogP contribution in [0.4, 0.5) is 0 Å². The first-order valence-corrected chi connectivity index (χ1v) is 2.17. The van der Waals surface area contributed by atoms with Gasteiger partial charge in [0.1, 0.15) is 0 Å². The maximum atomic E-state index is 2.83. The third-order valence-electron chi connectivity index (χ3n) is 0. The van der Waals surface area contributed by atoms with Crippen molar-refractivity contribution >= 4 is 4.40 Å². The van der Waals surface area contributed by atoms with E-state index in [2.05, 4.69) is 4.40 Å². The SMILES string of the molecule is C[C-]=[W].[Y]. The van der Waals surface area contributed by atoms with Gasteiger partial charge in [-0.15, -0.1) is 0 Å². The average molecular weight is 300 g/mol. The fourth-order valence-corrected chi connectivity index (χ4v) is 0. The van der Waals surface area contributed by atoms with Crippen molar-refractivity contribution in [2.75, 3.05) is 0 Å². The van der Waals surface area contributed by atoms with Gasteiger partial charge < -0.3 is 0 Å². The molecule has 0 heterocycles. The van der Waals surface area contributed by atoms with E-state index in [1.54, 1.807) is 0 Å². The molecule has 0 aliphatic carbocycles. The topological polar surface area (TPSA) is 0 Å². The molecule has 2 heteroatoms. The second-order valence-electron chi connectivity index (χ2n) is 0.204. The van der Waals surface area contributed by atoms with Crippen molar-refractivity contribution in [3.63, 3.8) is 0 Å². The molecule has 0 bridgehead atoms. The van der Waals surface area contributed by atoms with E-state index in [9.17, 15) is 0 Å². The Balaban J connectivity index is 0. The van der Waals surface area contributed by atoms with Crippen LogP contribution in [0.15, 0.2) is 0 Å². The summed E-state index contributed by atoms with van der Waals surface area (Å²) in [7, 11) is 0. The maximum absolute atomic E-state index is 2.83. The van der Waals surface area contributed by atoms with Crippen LogP contribution in [0.5, 0.6) is 0 Å². The summed E-state index contributed by atoms with van der Waals surface area (Å²) in [5, 5.41) is 0. The molecule has 4 heavy (non-hydrogen) atoms. The van der Waals surface area contributed by atoms with Gasteiger partial charge in [-0.05, 0) is 0 Å². The van der Waals surface area contributed by atoms with Gasteiger partial charge in [-0.25, -0.2) is 0 Å². The van der Waals surface area contributed by atoms with Crippen LogP contribution < -0.4 is 0 Å². The van der Waals surface area contributed by atoms with Crippen molar-refractivity contribution in [3.05, 3.63) is 0 Å². The van der Waals surface area contributed by atoms with Gasteiger partial charge in [0.2, 0.25) is 0 Å². The van der Waals surface area contributed by atoms with E-state index in [0.717, 1.165) is 0 Å². The summed E-state index contributed by atoms with van der Waals surface area (Å²) < 4.78 is 2.83. The van der Waals surface area contributed by atoms with E-state index in [1.807, 2.05) is 6.92 Å². The van der Waals surface area contributed by atoms with Gasteiger partial charge in [0.25, 0.3) is 0 Å². The molecule has 0 aromatic carbocycles. The van der Waals surface area contributed by atoms with E-state index in [1.165, 1.54) is 19.4 Å². The Morgan fingerprint density at radius 1 is 1.75 bits per heavy atom. The quantitative estimate of drug-likeness (QED) is 0.562. The number of hydrogen-bond acceptors (Lipinski definition) is 0. The predicted octanol–water partition coefficient (Wildman–Crippen LogP) is 0.230. The first kappa shape index (κ1) is 9.18. The molecule has 0 saturated carbocycles. The van der Waals surface area contributed by atoms with E-state index in [0.29, 0.717) is 0 Å². The number of hydrogen-bond donors (Lipinski definition) is 0. The molecular formula is C2H3WY-. The van der Waals surface area contributed by atoms with Crippen LogP contribution in [-0.4, -0.2) is 4.40 Å². The second kappa shape index (κ2) is 8.82. The molecule has 0 aromatic rings. The smallest absolute Gasteiger partial charge is 0 e. The van der Waals surface area contributed by atoms with Crippen molar-refractivity contribution in [3.8, 4) is 0 Å². The standard InChI is InChI=1S/C2H3.W.Y/c1-2;;/h1H3;;/q-1;;. The molecule has 0 saturated heterocycles. The first-order valence-electron chi connectivity index (χ1n) is 0.704. The van der Waals surface area contributed by atoms with Gasteiger partial charge in [0, 0.05) is 32.7 Å². The molecule has 0 N–H and O–H groups in total. The van der Waals surface area contributed by atoms with Crippen LogP contribution in [0.1, 0.15) is 6.92 Å². The fourth-order valence-electron chi connectivity index (χ4n) is 0. The summed E-state index contributed by atoms with van der Waals surface area (Å²) in [5.41, 5.74) is 0. The molecule has 0 nitrogen and oxygen atoms in total. The van der Waals surface area contributed by atoms with Gasteiger partial charge in [-0.1, -0.05) is 0 Å². The van der Waals surface area contributed by atoms with Crippen LogP contribution >= 0.6 is 0 Å². The average Bonchev–Trinajstić information content (AvgIpc) is 0.918. The van der Waals surface area contributed by atoms with Gasteiger partial charge in [0.15, 0.2) is 0 Å². The molecule has 0 aromatic heterocycles. The maximum Gasteiger partial charge on any atom is 0 e. The third kappa shape index (κ3) is 9.39. The predicted molar refractivity (Wildman–Crippen MR) is 10.7 cm³/mol. The Bertz CT molecular complexity index is 13.5. The molecule has 0 spiro atoms. The van der Waals surface area contributed by atoms with E-state index >= 15 is 0 Å². The van der Waals surface area contributed by atoms with Crippen molar-refractivity contribution in [2.24, 2.45) is 0 Å². The summed E-state index contributed by atoms with van der Waals surface area (Å²) in [6, 6.07) is 0. The van der Waals surface area contributed by atoms with E-state index in [4.69, 9.17) is 0 Å². The molecule has 0 rings (SSSR count). The summed E-state index contributed by atoms with van der Waals surface area (Å²) in [6.45, 7) is 1.91. The van der Waals surface area contributed by atoms with Crippen molar-refractivity contribution < 1.29 is 52.1 Å². The van der Waals surface area contributed by atoms with Crippen LogP contribution in [0.25, 0.3) is 0 Å². The van der Waals surface area contributed by atoms with Crippen molar-refractivity contribution in [2.45, 2.75) is 6.92 Å². The molecule has 0 aliphatic rings. The Morgan fingerprint density at radius 2 is 1.75 bits per heavy atom. The summed E-state index contributed by atoms with van der Waals surface area (Å²) >= 11 is 1.42. The normalized spacial score (nSPS) is 3.25. The Morgan fingerprint density at radius 3 is 1.75 bits per heavy atom. The molecule has 0 unspecified atom stereocenters. The minimum atomic E-state index is 0. The minimum Gasteiger partial charge on any atom is 0 e. The minimum absolute atomic E-state index is 0. The molecule has 1 radical (unpaired) electrons. The summed E-state index contributed by atoms with van der Waals surface area (Å²) in [6.07, 6.45) is 0. The second-order valence-corrected chi connectivity index (χ2v) is 1.67. The summed E-state index contributed by atoms with van der Waals surface area (Å²) in [5.74, 6) is 0. The molecule has 0 fully saturated rings.